The molecule has 3 heteroatoms. The van der Waals surface area contributed by atoms with Gasteiger partial charge in [0.15, 0.2) is 0 Å². The van der Waals surface area contributed by atoms with E-state index >= 15 is 0 Å². The van der Waals surface area contributed by atoms with Crippen LogP contribution in [0.3, 0.4) is 0 Å². The molecule has 0 spiro atoms. The van der Waals surface area contributed by atoms with Crippen LogP contribution in [-0.2, 0) is 0 Å². The first-order valence-corrected chi connectivity index (χ1v) is 4.05. The summed E-state index contributed by atoms with van der Waals surface area (Å²) in [6.45, 7) is 4.26. The lowest BCUT2D eigenvalue weighted by Gasteiger charge is -2.03. The van der Waals surface area contributed by atoms with Gasteiger partial charge < -0.3 is 4.40 Å². The van der Waals surface area contributed by atoms with Crippen LogP contribution in [0.25, 0.3) is 5.52 Å². The van der Waals surface area contributed by atoms with Crippen molar-refractivity contribution in [2.75, 3.05) is 0 Å². The Balaban J connectivity index is 2.60. The molecular formula is C9H11N3. The average molecular weight is 161 g/mol. The summed E-state index contributed by atoms with van der Waals surface area (Å²) in [5, 5.41) is 0. The van der Waals surface area contributed by atoms with Crippen LogP contribution in [0.15, 0.2) is 24.9 Å². The minimum Gasteiger partial charge on any atom is -0.303 e. The van der Waals surface area contributed by atoms with E-state index in [9.17, 15) is 0 Å². The van der Waals surface area contributed by atoms with Gasteiger partial charge >= 0.3 is 0 Å². The third-order valence-corrected chi connectivity index (χ3v) is 1.90. The summed E-state index contributed by atoms with van der Waals surface area (Å²) < 4.78 is 1.99. The molecule has 2 heterocycles. The molecular weight excluding hydrogens is 150 g/mol. The monoisotopic (exact) mass is 161 g/mol. The van der Waals surface area contributed by atoms with Gasteiger partial charge in [0, 0.05) is 6.20 Å². The molecule has 2 rings (SSSR count). The van der Waals surface area contributed by atoms with E-state index in [4.69, 9.17) is 0 Å². The fraction of sp³-hybridized carbons (Fsp3) is 0.333. The molecule has 0 atom stereocenters. The summed E-state index contributed by atoms with van der Waals surface area (Å²) in [5.41, 5.74) is 2.14. The summed E-state index contributed by atoms with van der Waals surface area (Å²) >= 11 is 0. The Morgan fingerprint density at radius 3 is 2.92 bits per heavy atom. The van der Waals surface area contributed by atoms with E-state index in [1.807, 2.05) is 16.8 Å². The molecule has 0 amide bonds. The van der Waals surface area contributed by atoms with Crippen molar-refractivity contribution in [1.82, 2.24) is 14.4 Å². The summed E-state index contributed by atoms with van der Waals surface area (Å²) in [7, 11) is 0. The Morgan fingerprint density at radius 2 is 2.17 bits per heavy atom. The van der Waals surface area contributed by atoms with E-state index in [0.29, 0.717) is 5.92 Å². The van der Waals surface area contributed by atoms with Crippen molar-refractivity contribution in [2.45, 2.75) is 19.8 Å². The summed E-state index contributed by atoms with van der Waals surface area (Å²) in [5.74, 6) is 0.469. The lowest BCUT2D eigenvalue weighted by atomic mass is 10.1. The molecule has 0 saturated heterocycles. The molecule has 0 fully saturated rings. The third kappa shape index (κ3) is 1.07. The van der Waals surface area contributed by atoms with Crippen molar-refractivity contribution < 1.29 is 0 Å². The van der Waals surface area contributed by atoms with E-state index in [1.54, 1.807) is 12.5 Å². The Kier molecular flexibility index (Phi) is 1.57. The first-order valence-electron chi connectivity index (χ1n) is 4.05. The van der Waals surface area contributed by atoms with Gasteiger partial charge in [0.2, 0.25) is 0 Å². The van der Waals surface area contributed by atoms with Crippen molar-refractivity contribution in [3.8, 4) is 0 Å². The highest BCUT2D eigenvalue weighted by Gasteiger charge is 2.01. The van der Waals surface area contributed by atoms with Crippen LogP contribution in [0.4, 0.5) is 0 Å². The molecule has 0 aliphatic carbocycles. The van der Waals surface area contributed by atoms with Gasteiger partial charge in [0.25, 0.3) is 0 Å². The van der Waals surface area contributed by atoms with Gasteiger partial charge in [-0.3, -0.25) is 4.98 Å². The number of hydrogen-bond acceptors (Lipinski definition) is 2. The second kappa shape index (κ2) is 2.59. The predicted molar refractivity (Wildman–Crippen MR) is 47.1 cm³/mol. The van der Waals surface area contributed by atoms with Crippen molar-refractivity contribution in [2.24, 2.45) is 0 Å². The zero-order valence-electron chi connectivity index (χ0n) is 7.23. The molecule has 2 aromatic rings. The molecule has 0 radical (unpaired) electrons. The van der Waals surface area contributed by atoms with Gasteiger partial charge in [-0.05, 0) is 5.92 Å². The molecule has 2 aromatic heterocycles. The summed E-state index contributed by atoms with van der Waals surface area (Å²) in [4.78, 5) is 8.34. The lowest BCUT2D eigenvalue weighted by Crippen LogP contribution is -1.95. The van der Waals surface area contributed by atoms with Crippen LogP contribution in [0.5, 0.6) is 0 Å². The largest absolute Gasteiger partial charge is 0.303 e. The number of rotatable bonds is 1. The molecule has 0 aliphatic rings. The predicted octanol–water partition coefficient (Wildman–Crippen LogP) is 1.85. The van der Waals surface area contributed by atoms with Crippen molar-refractivity contribution in [1.29, 1.82) is 0 Å². The molecule has 0 aliphatic heterocycles. The first kappa shape index (κ1) is 7.28. The Labute approximate surface area is 71.1 Å². The third-order valence-electron chi connectivity index (χ3n) is 1.90. The van der Waals surface area contributed by atoms with E-state index in [0.717, 1.165) is 11.2 Å². The normalized spacial score (nSPS) is 11.2. The van der Waals surface area contributed by atoms with Crippen molar-refractivity contribution in [3.05, 3.63) is 30.6 Å². The Morgan fingerprint density at radius 1 is 1.33 bits per heavy atom. The maximum atomic E-state index is 4.32. The summed E-state index contributed by atoms with van der Waals surface area (Å²) in [6, 6.07) is 0. The van der Waals surface area contributed by atoms with Crippen LogP contribution < -0.4 is 0 Å². The van der Waals surface area contributed by atoms with E-state index in [-0.39, 0.29) is 0 Å². The molecule has 12 heavy (non-hydrogen) atoms. The van der Waals surface area contributed by atoms with E-state index in [2.05, 4.69) is 23.8 Å². The SMILES string of the molecule is CC(C)c1cn2cncc2cn1. The smallest absolute Gasteiger partial charge is 0.0993 e. The fourth-order valence-corrected chi connectivity index (χ4v) is 1.14. The zero-order valence-corrected chi connectivity index (χ0v) is 7.23. The van der Waals surface area contributed by atoms with E-state index < -0.39 is 0 Å². The second-order valence-corrected chi connectivity index (χ2v) is 3.19. The molecule has 3 nitrogen and oxygen atoms in total. The molecule has 0 N–H and O–H groups in total. The Bertz CT molecular complexity index is 389. The standard InChI is InChI=1S/C9H11N3/c1-7(2)9-5-12-6-10-3-8(12)4-11-9/h3-7H,1-2H3. The summed E-state index contributed by atoms with van der Waals surface area (Å²) in [6.07, 6.45) is 7.47. The van der Waals surface area contributed by atoms with Crippen molar-refractivity contribution in [3.63, 3.8) is 0 Å². The minimum atomic E-state index is 0.469. The highest BCUT2D eigenvalue weighted by Crippen LogP contribution is 2.11. The van der Waals surface area contributed by atoms with Gasteiger partial charge in [0.1, 0.15) is 0 Å². The van der Waals surface area contributed by atoms with Crippen LogP contribution in [0.2, 0.25) is 0 Å². The second-order valence-electron chi connectivity index (χ2n) is 3.19. The number of nitrogens with zero attached hydrogens (tertiary/aromatic N) is 3. The minimum absolute atomic E-state index is 0.469. The molecule has 0 aromatic carbocycles. The van der Waals surface area contributed by atoms with Crippen LogP contribution in [0, 0.1) is 0 Å². The average Bonchev–Trinajstić information content (AvgIpc) is 2.49. The topological polar surface area (TPSA) is 30.2 Å². The lowest BCUT2D eigenvalue weighted by molar-refractivity contribution is 0.808. The fourth-order valence-electron chi connectivity index (χ4n) is 1.14. The number of aromatic nitrogens is 3. The highest BCUT2D eigenvalue weighted by atomic mass is 15.0. The van der Waals surface area contributed by atoms with Crippen molar-refractivity contribution >= 4 is 5.52 Å². The maximum Gasteiger partial charge on any atom is 0.0993 e. The maximum absolute atomic E-state index is 4.32. The van der Waals surface area contributed by atoms with Gasteiger partial charge in [-0.15, -0.1) is 0 Å². The number of fused-ring (bicyclic) bond motifs is 1. The van der Waals surface area contributed by atoms with Gasteiger partial charge in [-0.1, -0.05) is 13.8 Å². The van der Waals surface area contributed by atoms with Gasteiger partial charge in [-0.2, -0.15) is 0 Å². The quantitative estimate of drug-likeness (QED) is 0.639. The molecule has 62 valence electrons. The molecule has 0 bridgehead atoms. The Hall–Kier alpha value is -1.38. The van der Waals surface area contributed by atoms with Crippen LogP contribution in [0.1, 0.15) is 25.5 Å². The molecule has 0 saturated carbocycles. The van der Waals surface area contributed by atoms with Gasteiger partial charge in [-0.25, -0.2) is 4.98 Å². The number of imidazole rings is 1. The first-order chi connectivity index (χ1) is 5.77. The van der Waals surface area contributed by atoms with Crippen LogP contribution >= 0.6 is 0 Å². The van der Waals surface area contributed by atoms with Crippen LogP contribution in [-0.4, -0.2) is 14.4 Å². The zero-order chi connectivity index (χ0) is 8.55. The highest BCUT2D eigenvalue weighted by molar-refractivity contribution is 5.41. The molecule has 0 unspecified atom stereocenters. The number of hydrogen-bond donors (Lipinski definition) is 0. The van der Waals surface area contributed by atoms with Gasteiger partial charge in [0.05, 0.1) is 29.9 Å². The van der Waals surface area contributed by atoms with E-state index in [1.165, 1.54) is 0 Å².